The van der Waals surface area contributed by atoms with E-state index in [1.54, 1.807) is 23.1 Å². The van der Waals surface area contributed by atoms with Crippen LogP contribution >= 0.6 is 0 Å². The fourth-order valence-corrected chi connectivity index (χ4v) is 5.01. The minimum atomic E-state index is -4.02. The van der Waals surface area contributed by atoms with E-state index in [0.717, 1.165) is 25.7 Å². The molecule has 0 unspecified atom stereocenters. The van der Waals surface area contributed by atoms with Gasteiger partial charge in [-0.05, 0) is 25.0 Å². The van der Waals surface area contributed by atoms with Crippen LogP contribution in [0.3, 0.4) is 0 Å². The van der Waals surface area contributed by atoms with Crippen molar-refractivity contribution in [3.8, 4) is 0 Å². The molecule has 0 saturated carbocycles. The van der Waals surface area contributed by atoms with Gasteiger partial charge in [-0.2, -0.15) is 10.1 Å². The molecule has 0 bridgehead atoms. The quantitative estimate of drug-likeness (QED) is 0.750. The number of sulfone groups is 1. The predicted octanol–water partition coefficient (Wildman–Crippen LogP) is 2.14. The van der Waals surface area contributed by atoms with Crippen LogP contribution in [0.2, 0.25) is 0 Å². The van der Waals surface area contributed by atoms with E-state index >= 15 is 0 Å². The van der Waals surface area contributed by atoms with Crippen LogP contribution in [-0.4, -0.2) is 47.5 Å². The van der Waals surface area contributed by atoms with Crippen molar-refractivity contribution in [1.82, 2.24) is 15.0 Å². The first-order chi connectivity index (χ1) is 14.0. The number of rotatable bonds is 4. The van der Waals surface area contributed by atoms with Gasteiger partial charge >= 0.3 is 0 Å². The zero-order valence-electron chi connectivity index (χ0n) is 16.2. The van der Waals surface area contributed by atoms with Crippen LogP contribution in [0, 0.1) is 0 Å². The lowest BCUT2D eigenvalue weighted by Crippen LogP contribution is -2.43. The predicted molar refractivity (Wildman–Crippen MR) is 106 cm³/mol. The minimum Gasteiger partial charge on any atom is -0.337 e. The molecular weight excluding hydrogens is 394 g/mol. The Morgan fingerprint density at radius 2 is 1.86 bits per heavy atom. The second-order valence-corrected chi connectivity index (χ2v) is 8.93. The summed E-state index contributed by atoms with van der Waals surface area (Å²) in [4.78, 5) is 19.0. The van der Waals surface area contributed by atoms with Gasteiger partial charge in [0.2, 0.25) is 20.8 Å². The fraction of sp³-hybridized carbons (Fsp3) is 0.474. The number of benzene rings is 1. The van der Waals surface area contributed by atoms with Crippen molar-refractivity contribution in [3.63, 3.8) is 0 Å². The van der Waals surface area contributed by atoms with Gasteiger partial charge in [-0.3, -0.25) is 9.80 Å². The summed E-state index contributed by atoms with van der Waals surface area (Å²) in [6.45, 7) is 3.07. The molecule has 2 aromatic rings. The number of fused-ring (bicyclic) bond motifs is 1. The summed E-state index contributed by atoms with van der Waals surface area (Å²) < 4.78 is 31.6. The van der Waals surface area contributed by atoms with E-state index in [4.69, 9.17) is 4.52 Å². The minimum absolute atomic E-state index is 0.0587. The van der Waals surface area contributed by atoms with Crippen molar-refractivity contribution in [2.24, 2.45) is 5.10 Å². The SMILES string of the molecule is CCc1noc(CN2N=C(C(=O)N3CCCCCC3)S(=O)(=O)c3ccccc32)n1. The average molecular weight is 417 g/mol. The third-order valence-electron chi connectivity index (χ3n) is 5.09. The number of likely N-dealkylation sites (tertiary alicyclic amines) is 1. The Morgan fingerprint density at radius 3 is 2.55 bits per heavy atom. The molecule has 2 aliphatic rings. The van der Waals surface area contributed by atoms with E-state index < -0.39 is 20.8 Å². The van der Waals surface area contributed by atoms with Crippen molar-refractivity contribution in [2.75, 3.05) is 18.1 Å². The van der Waals surface area contributed by atoms with Crippen LogP contribution in [-0.2, 0) is 27.6 Å². The molecule has 4 rings (SSSR count). The highest BCUT2D eigenvalue weighted by Crippen LogP contribution is 2.33. The van der Waals surface area contributed by atoms with Crippen molar-refractivity contribution < 1.29 is 17.7 Å². The topological polar surface area (TPSA) is 109 Å². The van der Waals surface area contributed by atoms with Gasteiger partial charge in [0.15, 0.2) is 5.82 Å². The summed E-state index contributed by atoms with van der Waals surface area (Å²) >= 11 is 0. The van der Waals surface area contributed by atoms with Crippen LogP contribution in [0.1, 0.15) is 44.3 Å². The van der Waals surface area contributed by atoms with Crippen LogP contribution in [0.15, 0.2) is 38.8 Å². The Hall–Kier alpha value is -2.75. The number of hydrazone groups is 1. The van der Waals surface area contributed by atoms with Crippen molar-refractivity contribution in [2.45, 2.75) is 50.5 Å². The van der Waals surface area contributed by atoms with Crippen molar-refractivity contribution >= 4 is 26.5 Å². The number of amides is 1. The summed E-state index contributed by atoms with van der Waals surface area (Å²) in [5.41, 5.74) is 0.385. The molecule has 1 aromatic heterocycles. The number of hydrogen-bond donors (Lipinski definition) is 0. The number of carbonyl (C=O) groups excluding carboxylic acids is 1. The van der Waals surface area contributed by atoms with E-state index in [9.17, 15) is 13.2 Å². The fourth-order valence-electron chi connectivity index (χ4n) is 3.53. The zero-order valence-corrected chi connectivity index (χ0v) is 17.1. The third-order valence-corrected chi connectivity index (χ3v) is 6.78. The lowest BCUT2D eigenvalue weighted by molar-refractivity contribution is -0.123. The van der Waals surface area contributed by atoms with E-state index in [2.05, 4.69) is 15.2 Å². The summed E-state index contributed by atoms with van der Waals surface area (Å²) in [6, 6.07) is 6.51. The zero-order chi connectivity index (χ0) is 20.4. The average Bonchev–Trinajstić information content (AvgIpc) is 3.00. The van der Waals surface area contributed by atoms with E-state index in [0.29, 0.717) is 36.9 Å². The second-order valence-electron chi connectivity index (χ2n) is 7.10. The molecule has 10 heteroatoms. The number of para-hydroxylation sites is 1. The van der Waals surface area contributed by atoms with Crippen molar-refractivity contribution in [3.05, 3.63) is 36.0 Å². The smallest absolute Gasteiger partial charge is 0.286 e. The number of aryl methyl sites for hydroxylation is 1. The normalized spacial score (nSPS) is 18.7. The Kier molecular flexibility index (Phi) is 5.35. The molecule has 0 atom stereocenters. The maximum absolute atomic E-state index is 13.2. The molecule has 3 heterocycles. The second kappa shape index (κ2) is 7.94. The summed E-state index contributed by atoms with van der Waals surface area (Å²) in [5, 5.41) is 9.13. The maximum Gasteiger partial charge on any atom is 0.286 e. The molecule has 2 aliphatic heterocycles. The molecule has 1 amide bonds. The number of nitrogens with zero attached hydrogens (tertiary/aromatic N) is 5. The first kappa shape index (κ1) is 19.6. The van der Waals surface area contributed by atoms with Gasteiger partial charge in [0.05, 0.1) is 10.6 Å². The summed E-state index contributed by atoms with van der Waals surface area (Å²) in [5.74, 6) is 0.315. The van der Waals surface area contributed by atoms with Gasteiger partial charge in [-0.15, -0.1) is 0 Å². The largest absolute Gasteiger partial charge is 0.337 e. The van der Waals surface area contributed by atoms with Crippen LogP contribution in [0.25, 0.3) is 0 Å². The highest BCUT2D eigenvalue weighted by Gasteiger charge is 2.39. The monoisotopic (exact) mass is 417 g/mol. The number of anilines is 1. The molecule has 29 heavy (non-hydrogen) atoms. The molecule has 154 valence electrons. The van der Waals surface area contributed by atoms with Gasteiger partial charge in [-0.25, -0.2) is 8.42 Å². The molecule has 0 N–H and O–H groups in total. The molecule has 1 aromatic carbocycles. The molecule has 0 radical (unpaired) electrons. The highest BCUT2D eigenvalue weighted by atomic mass is 32.2. The molecular formula is C19H23N5O4S. The van der Waals surface area contributed by atoms with Gasteiger partial charge in [0.25, 0.3) is 5.91 Å². The highest BCUT2D eigenvalue weighted by molar-refractivity contribution is 8.08. The lowest BCUT2D eigenvalue weighted by Gasteiger charge is -2.28. The third kappa shape index (κ3) is 3.76. The molecule has 9 nitrogen and oxygen atoms in total. The van der Waals surface area contributed by atoms with E-state index in [-0.39, 0.29) is 11.4 Å². The lowest BCUT2D eigenvalue weighted by atomic mass is 10.2. The molecule has 1 fully saturated rings. The Bertz CT molecular complexity index is 1040. The Labute approximate surface area is 169 Å². The summed E-state index contributed by atoms with van der Waals surface area (Å²) in [6.07, 6.45) is 4.42. The van der Waals surface area contributed by atoms with E-state index in [1.807, 2.05) is 6.92 Å². The van der Waals surface area contributed by atoms with Gasteiger partial charge in [0, 0.05) is 19.5 Å². The van der Waals surface area contributed by atoms with Crippen LogP contribution in [0.4, 0.5) is 5.69 Å². The number of carbonyl (C=O) groups is 1. The first-order valence-electron chi connectivity index (χ1n) is 9.81. The number of hydrogen-bond acceptors (Lipinski definition) is 8. The van der Waals surface area contributed by atoms with Gasteiger partial charge < -0.3 is 9.42 Å². The van der Waals surface area contributed by atoms with Crippen LogP contribution < -0.4 is 5.01 Å². The standard InChI is InChI=1S/C19H23N5O4S/c1-2-16-20-17(28-22-16)13-24-14-9-5-6-10-15(14)29(26,27)18(21-24)19(25)23-11-7-3-4-8-12-23/h5-6,9-10H,2-4,7-8,11-13H2,1H3. The van der Waals surface area contributed by atoms with Gasteiger partial charge in [-0.1, -0.05) is 37.1 Å². The molecule has 0 aliphatic carbocycles. The van der Waals surface area contributed by atoms with E-state index in [1.165, 1.54) is 11.1 Å². The molecule has 1 saturated heterocycles. The molecule has 0 spiro atoms. The van der Waals surface area contributed by atoms with Gasteiger partial charge in [0.1, 0.15) is 6.54 Å². The maximum atomic E-state index is 13.2. The summed E-state index contributed by atoms with van der Waals surface area (Å²) in [7, 11) is -4.02. The Balaban J connectivity index is 1.72. The van der Waals surface area contributed by atoms with Crippen LogP contribution in [0.5, 0.6) is 0 Å². The Morgan fingerprint density at radius 1 is 1.14 bits per heavy atom. The first-order valence-corrected chi connectivity index (χ1v) is 11.3. The number of aromatic nitrogens is 2. The van der Waals surface area contributed by atoms with Crippen molar-refractivity contribution in [1.29, 1.82) is 0 Å².